The number of hydrogen-bond acceptors (Lipinski definition) is 2. The fourth-order valence-corrected chi connectivity index (χ4v) is 3.63. The van der Waals surface area contributed by atoms with E-state index < -0.39 is 5.97 Å². The first kappa shape index (κ1) is 22.3. The molecule has 160 valence electrons. The van der Waals surface area contributed by atoms with Gasteiger partial charge in [-0.15, -0.1) is 0 Å². The Bertz CT molecular complexity index is 997. The number of rotatable bonds is 10. The predicted molar refractivity (Wildman–Crippen MR) is 125 cm³/mol. The third-order valence-corrected chi connectivity index (χ3v) is 5.34. The summed E-state index contributed by atoms with van der Waals surface area (Å²) in [5, 5.41) is 9.02. The van der Waals surface area contributed by atoms with E-state index in [1.54, 1.807) is 0 Å². The number of benzene rings is 3. The monoisotopic (exact) mass is 415 g/mol. The Kier molecular flexibility index (Phi) is 7.99. The highest BCUT2D eigenvalue weighted by atomic mass is 16.4. The van der Waals surface area contributed by atoms with Crippen LogP contribution in [0.5, 0.6) is 0 Å². The van der Waals surface area contributed by atoms with Crippen molar-refractivity contribution in [2.45, 2.75) is 45.6 Å². The van der Waals surface area contributed by atoms with Gasteiger partial charge in [0.15, 0.2) is 0 Å². The SMILES string of the molecule is CCCCC(=O)N(Cc1ccc(-c2ccccc2CCC(=O)O)cc1)c1ccccc1. The van der Waals surface area contributed by atoms with Crippen LogP contribution < -0.4 is 4.90 Å². The number of aryl methyl sites for hydroxylation is 1. The van der Waals surface area contributed by atoms with Crippen LogP contribution >= 0.6 is 0 Å². The lowest BCUT2D eigenvalue weighted by Gasteiger charge is -2.23. The van der Waals surface area contributed by atoms with Gasteiger partial charge in [0, 0.05) is 18.5 Å². The number of nitrogens with zero attached hydrogens (tertiary/aromatic N) is 1. The van der Waals surface area contributed by atoms with Crippen molar-refractivity contribution in [3.63, 3.8) is 0 Å². The molecule has 3 aromatic carbocycles. The van der Waals surface area contributed by atoms with Crippen molar-refractivity contribution in [3.8, 4) is 11.1 Å². The average Bonchev–Trinajstić information content (AvgIpc) is 2.81. The van der Waals surface area contributed by atoms with E-state index in [2.05, 4.69) is 19.1 Å². The predicted octanol–water partition coefficient (Wildman–Crippen LogP) is 6.09. The topological polar surface area (TPSA) is 57.6 Å². The van der Waals surface area contributed by atoms with Gasteiger partial charge >= 0.3 is 5.97 Å². The zero-order valence-electron chi connectivity index (χ0n) is 18.0. The zero-order valence-corrected chi connectivity index (χ0v) is 18.0. The summed E-state index contributed by atoms with van der Waals surface area (Å²) in [4.78, 5) is 25.7. The van der Waals surface area contributed by atoms with E-state index >= 15 is 0 Å². The molecule has 4 nitrogen and oxygen atoms in total. The van der Waals surface area contributed by atoms with Crippen molar-refractivity contribution in [1.29, 1.82) is 0 Å². The van der Waals surface area contributed by atoms with Gasteiger partial charge in [-0.2, -0.15) is 0 Å². The maximum atomic E-state index is 12.8. The van der Waals surface area contributed by atoms with Gasteiger partial charge in [-0.3, -0.25) is 9.59 Å². The van der Waals surface area contributed by atoms with Gasteiger partial charge in [0.2, 0.25) is 5.91 Å². The maximum absolute atomic E-state index is 12.8. The molecular weight excluding hydrogens is 386 g/mol. The number of aliphatic carboxylic acids is 1. The van der Waals surface area contributed by atoms with E-state index in [-0.39, 0.29) is 12.3 Å². The normalized spacial score (nSPS) is 10.6. The van der Waals surface area contributed by atoms with Crippen molar-refractivity contribution in [3.05, 3.63) is 90.0 Å². The van der Waals surface area contributed by atoms with E-state index in [0.717, 1.165) is 40.8 Å². The Morgan fingerprint density at radius 1 is 0.839 bits per heavy atom. The molecule has 0 bridgehead atoms. The second-order valence-corrected chi connectivity index (χ2v) is 7.67. The molecule has 0 heterocycles. The molecule has 0 radical (unpaired) electrons. The van der Waals surface area contributed by atoms with E-state index in [1.165, 1.54) is 0 Å². The fraction of sp³-hybridized carbons (Fsp3) is 0.259. The molecule has 0 spiro atoms. The van der Waals surface area contributed by atoms with E-state index in [4.69, 9.17) is 5.11 Å². The average molecular weight is 416 g/mol. The van der Waals surface area contributed by atoms with Crippen LogP contribution in [0.3, 0.4) is 0 Å². The minimum absolute atomic E-state index is 0.112. The number of carbonyl (C=O) groups is 2. The minimum atomic E-state index is -0.793. The number of para-hydroxylation sites is 1. The summed E-state index contributed by atoms with van der Waals surface area (Å²) in [5.41, 5.74) is 5.09. The summed E-state index contributed by atoms with van der Waals surface area (Å²) in [6, 6.07) is 25.9. The highest BCUT2D eigenvalue weighted by Gasteiger charge is 2.16. The number of anilines is 1. The largest absolute Gasteiger partial charge is 0.481 e. The first-order valence-electron chi connectivity index (χ1n) is 10.8. The summed E-state index contributed by atoms with van der Waals surface area (Å²) < 4.78 is 0. The molecule has 3 rings (SSSR count). The molecular formula is C27H29NO3. The minimum Gasteiger partial charge on any atom is -0.481 e. The number of unbranched alkanes of at least 4 members (excludes halogenated alkanes) is 1. The van der Waals surface area contributed by atoms with Crippen LogP contribution in [-0.2, 0) is 22.6 Å². The number of carboxylic acids is 1. The van der Waals surface area contributed by atoms with Crippen molar-refractivity contribution in [1.82, 2.24) is 0 Å². The summed E-state index contributed by atoms with van der Waals surface area (Å²) in [7, 11) is 0. The standard InChI is InChI=1S/C27H29NO3/c1-2-3-13-26(29)28(24-10-5-4-6-11-24)20-21-14-16-23(17-15-21)25-12-8-7-9-22(25)18-19-27(30)31/h4-12,14-17H,2-3,13,18-20H2,1H3,(H,30,31). The van der Waals surface area contributed by atoms with Crippen LogP contribution in [0.1, 0.15) is 43.7 Å². The number of amides is 1. The molecule has 1 amide bonds. The van der Waals surface area contributed by atoms with Gasteiger partial charge in [-0.05, 0) is 47.2 Å². The maximum Gasteiger partial charge on any atom is 0.303 e. The summed E-state index contributed by atoms with van der Waals surface area (Å²) >= 11 is 0. The number of carboxylic acid groups (broad SMARTS) is 1. The van der Waals surface area contributed by atoms with Crippen LogP contribution in [0.15, 0.2) is 78.9 Å². The molecule has 0 fully saturated rings. The van der Waals surface area contributed by atoms with Crippen LogP contribution in [0, 0.1) is 0 Å². The number of hydrogen-bond donors (Lipinski definition) is 1. The molecule has 1 N–H and O–H groups in total. The second kappa shape index (κ2) is 11.1. The van der Waals surface area contributed by atoms with Gasteiger partial charge in [-0.1, -0.05) is 80.1 Å². The summed E-state index contributed by atoms with van der Waals surface area (Å²) in [5.74, 6) is -0.657. The number of carbonyl (C=O) groups excluding carboxylic acids is 1. The first-order valence-corrected chi connectivity index (χ1v) is 10.8. The molecule has 31 heavy (non-hydrogen) atoms. The molecule has 0 aliphatic rings. The van der Waals surface area contributed by atoms with Crippen LogP contribution in [0.2, 0.25) is 0 Å². The molecule has 0 unspecified atom stereocenters. The highest BCUT2D eigenvalue weighted by Crippen LogP contribution is 2.26. The fourth-order valence-electron chi connectivity index (χ4n) is 3.63. The Morgan fingerprint density at radius 2 is 1.52 bits per heavy atom. The van der Waals surface area contributed by atoms with Crippen LogP contribution in [0.25, 0.3) is 11.1 Å². The zero-order chi connectivity index (χ0) is 22.1. The molecule has 3 aromatic rings. The molecule has 0 atom stereocenters. The molecule has 0 saturated heterocycles. The third-order valence-electron chi connectivity index (χ3n) is 5.34. The molecule has 4 heteroatoms. The third kappa shape index (κ3) is 6.29. The molecule has 0 saturated carbocycles. The quantitative estimate of drug-likeness (QED) is 0.436. The van der Waals surface area contributed by atoms with E-state index in [9.17, 15) is 9.59 Å². The Labute approximate surface area is 184 Å². The lowest BCUT2D eigenvalue weighted by atomic mass is 9.96. The highest BCUT2D eigenvalue weighted by molar-refractivity contribution is 5.93. The molecule has 0 aromatic heterocycles. The van der Waals surface area contributed by atoms with Crippen molar-refractivity contribution in [2.75, 3.05) is 4.90 Å². The van der Waals surface area contributed by atoms with Crippen molar-refractivity contribution < 1.29 is 14.7 Å². The summed E-state index contributed by atoms with van der Waals surface area (Å²) in [6.07, 6.45) is 3.03. The van der Waals surface area contributed by atoms with Gasteiger partial charge in [-0.25, -0.2) is 0 Å². The van der Waals surface area contributed by atoms with Gasteiger partial charge in [0.1, 0.15) is 0 Å². The smallest absolute Gasteiger partial charge is 0.303 e. The van der Waals surface area contributed by atoms with Crippen molar-refractivity contribution >= 4 is 17.6 Å². The molecule has 0 aliphatic carbocycles. The lowest BCUT2D eigenvalue weighted by Crippen LogP contribution is -2.30. The molecule has 0 aliphatic heterocycles. The first-order chi connectivity index (χ1) is 15.1. The van der Waals surface area contributed by atoms with Gasteiger partial charge in [0.05, 0.1) is 6.54 Å². The summed E-state index contributed by atoms with van der Waals surface area (Å²) in [6.45, 7) is 2.61. The Hall–Kier alpha value is -3.40. The second-order valence-electron chi connectivity index (χ2n) is 7.67. The van der Waals surface area contributed by atoms with E-state index in [0.29, 0.717) is 19.4 Å². The Balaban J connectivity index is 1.80. The van der Waals surface area contributed by atoms with Crippen molar-refractivity contribution in [2.24, 2.45) is 0 Å². The van der Waals surface area contributed by atoms with Crippen LogP contribution in [0.4, 0.5) is 5.69 Å². The lowest BCUT2D eigenvalue weighted by molar-refractivity contribution is -0.137. The van der Waals surface area contributed by atoms with Crippen LogP contribution in [-0.4, -0.2) is 17.0 Å². The Morgan fingerprint density at radius 3 is 2.19 bits per heavy atom. The van der Waals surface area contributed by atoms with E-state index in [1.807, 2.05) is 71.6 Å². The van der Waals surface area contributed by atoms with Gasteiger partial charge < -0.3 is 10.0 Å². The van der Waals surface area contributed by atoms with Gasteiger partial charge in [0.25, 0.3) is 0 Å².